The third kappa shape index (κ3) is 2.33. The molecule has 0 aliphatic carbocycles. The predicted octanol–water partition coefficient (Wildman–Crippen LogP) is 4.66. The molecule has 0 bridgehead atoms. The molecule has 1 heteroatoms. The van der Waals surface area contributed by atoms with E-state index in [1.165, 1.54) is 16.6 Å². The molecule has 1 aromatic heterocycles. The van der Waals surface area contributed by atoms with Crippen LogP contribution >= 0.6 is 0 Å². The van der Waals surface area contributed by atoms with Crippen molar-refractivity contribution in [1.29, 1.82) is 0 Å². The van der Waals surface area contributed by atoms with Gasteiger partial charge in [-0.05, 0) is 29.0 Å². The molecule has 0 amide bonds. The molecule has 0 atom stereocenters. The van der Waals surface area contributed by atoms with Crippen molar-refractivity contribution < 1.29 is 0 Å². The molecule has 0 spiro atoms. The molecule has 0 saturated carbocycles. The molecule has 0 aliphatic rings. The largest absolute Gasteiger partial charge is 0.252 e. The van der Waals surface area contributed by atoms with E-state index in [2.05, 4.69) is 65.0 Å². The van der Waals surface area contributed by atoms with Crippen LogP contribution in [0.3, 0.4) is 0 Å². The molecule has 0 radical (unpaired) electrons. The van der Waals surface area contributed by atoms with Gasteiger partial charge in [-0.1, -0.05) is 52.8 Å². The van der Waals surface area contributed by atoms with Gasteiger partial charge in [0, 0.05) is 11.1 Å². The molecule has 0 aliphatic heterocycles. The Balaban J connectivity index is 2.75. The standard InChI is InChI=1S/C16H21N/c1-11(2)15-13(16(3,4)5)10-12-8-6-7-9-14(12)17-15/h6-11H,1-5H3. The third-order valence-corrected chi connectivity index (χ3v) is 3.11. The average Bonchev–Trinajstić information content (AvgIpc) is 2.26. The maximum atomic E-state index is 4.84. The summed E-state index contributed by atoms with van der Waals surface area (Å²) in [5.74, 6) is 0.467. The van der Waals surface area contributed by atoms with E-state index in [1.807, 2.05) is 0 Å². The number of aromatic nitrogens is 1. The monoisotopic (exact) mass is 227 g/mol. The lowest BCUT2D eigenvalue weighted by Gasteiger charge is -2.24. The van der Waals surface area contributed by atoms with Crippen molar-refractivity contribution in [3.63, 3.8) is 0 Å². The Morgan fingerprint density at radius 1 is 1.06 bits per heavy atom. The number of hydrogen-bond acceptors (Lipinski definition) is 1. The van der Waals surface area contributed by atoms with E-state index in [4.69, 9.17) is 4.98 Å². The van der Waals surface area contributed by atoms with Crippen LogP contribution in [0.4, 0.5) is 0 Å². The molecule has 1 heterocycles. The van der Waals surface area contributed by atoms with Gasteiger partial charge in [-0.25, -0.2) is 0 Å². The van der Waals surface area contributed by atoms with Crippen LogP contribution in [0.25, 0.3) is 10.9 Å². The Kier molecular flexibility index (Phi) is 2.94. The highest BCUT2D eigenvalue weighted by molar-refractivity contribution is 5.79. The summed E-state index contributed by atoms with van der Waals surface area (Å²) >= 11 is 0. The van der Waals surface area contributed by atoms with E-state index >= 15 is 0 Å². The van der Waals surface area contributed by atoms with Crippen LogP contribution in [0.2, 0.25) is 0 Å². The van der Waals surface area contributed by atoms with E-state index in [0.717, 1.165) is 5.52 Å². The molecule has 0 fully saturated rings. The summed E-state index contributed by atoms with van der Waals surface area (Å²) in [6.45, 7) is 11.2. The fraction of sp³-hybridized carbons (Fsp3) is 0.438. The van der Waals surface area contributed by atoms with E-state index in [0.29, 0.717) is 5.92 Å². The lowest BCUT2D eigenvalue weighted by molar-refractivity contribution is 0.572. The summed E-state index contributed by atoms with van der Waals surface area (Å²) in [6.07, 6.45) is 0. The Labute approximate surface area is 104 Å². The first-order chi connectivity index (χ1) is 7.89. The predicted molar refractivity (Wildman–Crippen MR) is 74.5 cm³/mol. The molecule has 0 saturated heterocycles. The normalized spacial score (nSPS) is 12.4. The number of para-hydroxylation sites is 1. The molecular weight excluding hydrogens is 206 g/mol. The van der Waals surface area contributed by atoms with Gasteiger partial charge in [0.1, 0.15) is 0 Å². The fourth-order valence-corrected chi connectivity index (χ4v) is 2.17. The second-order valence-electron chi connectivity index (χ2n) is 6.02. The minimum atomic E-state index is 0.149. The maximum absolute atomic E-state index is 4.84. The molecule has 1 aromatic carbocycles. The summed E-state index contributed by atoms with van der Waals surface area (Å²) < 4.78 is 0. The SMILES string of the molecule is CC(C)c1nc2ccccc2cc1C(C)(C)C. The van der Waals surface area contributed by atoms with Crippen LogP contribution in [0.15, 0.2) is 30.3 Å². The first-order valence-electron chi connectivity index (χ1n) is 6.30. The van der Waals surface area contributed by atoms with Crippen molar-refractivity contribution in [2.24, 2.45) is 0 Å². The maximum Gasteiger partial charge on any atom is 0.0705 e. The number of pyridine rings is 1. The van der Waals surface area contributed by atoms with Gasteiger partial charge in [0.25, 0.3) is 0 Å². The lowest BCUT2D eigenvalue weighted by atomic mass is 9.82. The summed E-state index contributed by atoms with van der Waals surface area (Å²) in [5, 5.41) is 1.24. The molecule has 0 unspecified atom stereocenters. The third-order valence-electron chi connectivity index (χ3n) is 3.11. The molecule has 17 heavy (non-hydrogen) atoms. The van der Waals surface area contributed by atoms with Crippen molar-refractivity contribution in [2.45, 2.75) is 46.0 Å². The summed E-state index contributed by atoms with van der Waals surface area (Å²) in [4.78, 5) is 4.84. The number of nitrogens with zero attached hydrogens (tertiary/aromatic N) is 1. The van der Waals surface area contributed by atoms with Gasteiger partial charge in [-0.2, -0.15) is 0 Å². The summed E-state index contributed by atoms with van der Waals surface area (Å²) in [7, 11) is 0. The Hall–Kier alpha value is -1.37. The average molecular weight is 227 g/mol. The van der Waals surface area contributed by atoms with Gasteiger partial charge < -0.3 is 0 Å². The van der Waals surface area contributed by atoms with Gasteiger partial charge in [0.2, 0.25) is 0 Å². The number of rotatable bonds is 1. The highest BCUT2D eigenvalue weighted by atomic mass is 14.7. The topological polar surface area (TPSA) is 12.9 Å². The Bertz CT molecular complexity index is 533. The van der Waals surface area contributed by atoms with Crippen molar-refractivity contribution in [2.75, 3.05) is 0 Å². The quantitative estimate of drug-likeness (QED) is 0.690. The van der Waals surface area contributed by atoms with E-state index in [-0.39, 0.29) is 5.41 Å². The van der Waals surface area contributed by atoms with Crippen LogP contribution in [0, 0.1) is 0 Å². The van der Waals surface area contributed by atoms with E-state index < -0.39 is 0 Å². The first-order valence-corrected chi connectivity index (χ1v) is 6.30. The van der Waals surface area contributed by atoms with Gasteiger partial charge in [0.15, 0.2) is 0 Å². The fourth-order valence-electron chi connectivity index (χ4n) is 2.17. The molecule has 0 N–H and O–H groups in total. The zero-order chi connectivity index (χ0) is 12.6. The Morgan fingerprint density at radius 2 is 1.71 bits per heavy atom. The first kappa shape index (κ1) is 12.1. The van der Waals surface area contributed by atoms with E-state index in [1.54, 1.807) is 0 Å². The van der Waals surface area contributed by atoms with Crippen molar-refractivity contribution in [1.82, 2.24) is 4.98 Å². The van der Waals surface area contributed by atoms with Crippen molar-refractivity contribution in [3.8, 4) is 0 Å². The molecule has 90 valence electrons. The summed E-state index contributed by atoms with van der Waals surface area (Å²) in [6, 6.07) is 10.7. The minimum Gasteiger partial charge on any atom is -0.252 e. The molecule has 1 nitrogen and oxygen atoms in total. The van der Waals surface area contributed by atoms with Gasteiger partial charge in [-0.15, -0.1) is 0 Å². The Morgan fingerprint density at radius 3 is 2.29 bits per heavy atom. The smallest absolute Gasteiger partial charge is 0.0705 e. The highest BCUT2D eigenvalue weighted by Gasteiger charge is 2.21. The van der Waals surface area contributed by atoms with Crippen LogP contribution in [-0.2, 0) is 5.41 Å². The molecule has 2 rings (SSSR count). The van der Waals surface area contributed by atoms with Gasteiger partial charge >= 0.3 is 0 Å². The van der Waals surface area contributed by atoms with Crippen LogP contribution in [0.1, 0.15) is 51.8 Å². The van der Waals surface area contributed by atoms with Crippen LogP contribution in [-0.4, -0.2) is 4.98 Å². The zero-order valence-corrected chi connectivity index (χ0v) is 11.4. The minimum absolute atomic E-state index is 0.149. The zero-order valence-electron chi connectivity index (χ0n) is 11.4. The second kappa shape index (κ2) is 4.14. The highest BCUT2D eigenvalue weighted by Crippen LogP contribution is 2.31. The van der Waals surface area contributed by atoms with Crippen LogP contribution in [0.5, 0.6) is 0 Å². The van der Waals surface area contributed by atoms with Gasteiger partial charge in [0.05, 0.1) is 5.52 Å². The van der Waals surface area contributed by atoms with Crippen molar-refractivity contribution in [3.05, 3.63) is 41.6 Å². The van der Waals surface area contributed by atoms with Crippen LogP contribution < -0.4 is 0 Å². The van der Waals surface area contributed by atoms with Crippen molar-refractivity contribution >= 4 is 10.9 Å². The number of hydrogen-bond donors (Lipinski definition) is 0. The van der Waals surface area contributed by atoms with Gasteiger partial charge in [-0.3, -0.25) is 4.98 Å². The summed E-state index contributed by atoms with van der Waals surface area (Å²) in [5.41, 5.74) is 3.85. The molecular formula is C16H21N. The van der Waals surface area contributed by atoms with E-state index in [9.17, 15) is 0 Å². The number of benzene rings is 1. The lowest BCUT2D eigenvalue weighted by Crippen LogP contribution is -2.16. The second-order valence-corrected chi connectivity index (χ2v) is 6.02. The molecule has 2 aromatic rings. The number of fused-ring (bicyclic) bond motifs is 1.